The Kier molecular flexibility index (Phi) is 1.33. The van der Waals surface area contributed by atoms with Gasteiger partial charge in [-0.1, -0.05) is 0 Å². The van der Waals surface area contributed by atoms with Crippen molar-refractivity contribution in [3.05, 3.63) is 22.4 Å². The number of phenolic OH excluding ortho intramolecular Hbond substituents is 1. The first-order chi connectivity index (χ1) is 5.75. The van der Waals surface area contributed by atoms with Crippen molar-refractivity contribution in [1.29, 1.82) is 0 Å². The van der Waals surface area contributed by atoms with Crippen molar-refractivity contribution in [3.63, 3.8) is 0 Å². The fourth-order valence-electron chi connectivity index (χ4n) is 1.25. The van der Waals surface area contributed by atoms with Gasteiger partial charge in [0.25, 0.3) is 0 Å². The first kappa shape index (κ1) is 7.16. The van der Waals surface area contributed by atoms with Gasteiger partial charge in [-0.05, 0) is 19.1 Å². The lowest BCUT2D eigenvalue weighted by atomic mass is 10.3. The molecule has 0 unspecified atom stereocenters. The van der Waals surface area contributed by atoms with Crippen LogP contribution in [0.25, 0.3) is 10.8 Å². The van der Waals surface area contributed by atoms with Crippen molar-refractivity contribution in [1.82, 2.24) is 0 Å². The van der Waals surface area contributed by atoms with Crippen LogP contribution in [0.2, 0.25) is 0 Å². The fraction of sp³-hybridized carbons (Fsp3) is 0.222. The maximum Gasteiger partial charge on any atom is 0.202 e. The molecule has 2 aromatic rings. The minimum absolute atomic E-state index is 0.0541. The van der Waals surface area contributed by atoms with E-state index in [9.17, 15) is 4.79 Å². The van der Waals surface area contributed by atoms with Gasteiger partial charge in [0.2, 0.25) is 5.43 Å². The molecule has 2 rings (SSSR count). The Morgan fingerprint density at radius 3 is 2.83 bits per heavy atom. The molecule has 0 aromatic heterocycles. The lowest BCUT2D eigenvalue weighted by Crippen LogP contribution is -1.90. The molecule has 0 radical (unpaired) electrons. The fourth-order valence-corrected chi connectivity index (χ4v) is 1.25. The summed E-state index contributed by atoms with van der Waals surface area (Å²) in [5, 5.41) is 10.1. The van der Waals surface area contributed by atoms with E-state index < -0.39 is 0 Å². The molecular weight excluding hydrogens is 156 g/mol. The van der Waals surface area contributed by atoms with E-state index in [0.29, 0.717) is 23.1 Å². The Hall–Kier alpha value is -1.51. The minimum atomic E-state index is -0.0963. The molecule has 0 bridgehead atoms. The second-order valence-corrected chi connectivity index (χ2v) is 2.59. The number of aromatic hydroxyl groups is 1. The number of hydrogen-bond donors (Lipinski definition) is 1. The Labute approximate surface area is 68.9 Å². The predicted octanol–water partition coefficient (Wildman–Crippen LogP) is 1.18. The maximum absolute atomic E-state index is 11.0. The van der Waals surface area contributed by atoms with Gasteiger partial charge in [-0.3, -0.25) is 4.79 Å². The van der Waals surface area contributed by atoms with Crippen LogP contribution in [0.1, 0.15) is 6.92 Å². The summed E-state index contributed by atoms with van der Waals surface area (Å²) in [6.07, 6.45) is 0. The van der Waals surface area contributed by atoms with Crippen LogP contribution in [0.15, 0.2) is 16.9 Å². The smallest absolute Gasteiger partial charge is 0.202 e. The quantitative estimate of drug-likeness (QED) is 0.724. The lowest BCUT2D eigenvalue weighted by Gasteiger charge is -1.99. The number of ether oxygens (including phenoxy) is 1. The van der Waals surface area contributed by atoms with E-state index in [2.05, 4.69) is 0 Å². The molecule has 1 N–H and O–H groups in total. The largest absolute Gasteiger partial charge is 0.507 e. The number of benzene rings is 1. The monoisotopic (exact) mass is 164 g/mol. The average molecular weight is 164 g/mol. The average Bonchev–Trinajstić information content (AvgIpc) is 2.71. The van der Waals surface area contributed by atoms with E-state index in [1.54, 1.807) is 6.07 Å². The molecule has 0 saturated heterocycles. The molecule has 12 heavy (non-hydrogen) atoms. The van der Waals surface area contributed by atoms with Crippen molar-refractivity contribution in [2.45, 2.75) is 6.92 Å². The second kappa shape index (κ2) is 2.24. The van der Waals surface area contributed by atoms with Gasteiger partial charge in [-0.2, -0.15) is 0 Å². The Morgan fingerprint density at radius 1 is 1.42 bits per heavy atom. The van der Waals surface area contributed by atoms with E-state index in [1.807, 2.05) is 6.92 Å². The maximum atomic E-state index is 11.0. The third-order valence-electron chi connectivity index (χ3n) is 1.84. The molecule has 3 heteroatoms. The van der Waals surface area contributed by atoms with Gasteiger partial charge >= 0.3 is 0 Å². The molecule has 0 atom stereocenters. The highest BCUT2D eigenvalue weighted by atomic mass is 16.5. The highest BCUT2D eigenvalue weighted by molar-refractivity contribution is 6.06. The van der Waals surface area contributed by atoms with Gasteiger partial charge in [0, 0.05) is 0 Å². The van der Waals surface area contributed by atoms with Crippen molar-refractivity contribution in [2.24, 2.45) is 0 Å². The first-order valence-corrected chi connectivity index (χ1v) is 3.79. The summed E-state index contributed by atoms with van der Waals surface area (Å²) < 4.78 is 5.18. The van der Waals surface area contributed by atoms with Gasteiger partial charge in [-0.25, -0.2) is 0 Å². The molecule has 0 aliphatic carbocycles. The van der Waals surface area contributed by atoms with Crippen LogP contribution < -0.4 is 10.2 Å². The number of rotatable bonds is 2. The summed E-state index contributed by atoms with van der Waals surface area (Å²) in [7, 11) is 0. The van der Waals surface area contributed by atoms with Gasteiger partial charge in [0.15, 0.2) is 0 Å². The molecule has 62 valence electrons. The molecule has 2 aromatic carbocycles. The van der Waals surface area contributed by atoms with E-state index in [0.717, 1.165) is 0 Å². The summed E-state index contributed by atoms with van der Waals surface area (Å²) in [6, 6.07) is 3.09. The van der Waals surface area contributed by atoms with E-state index >= 15 is 0 Å². The molecule has 0 saturated carbocycles. The van der Waals surface area contributed by atoms with Gasteiger partial charge in [0.1, 0.15) is 11.5 Å². The van der Waals surface area contributed by atoms with Crippen molar-refractivity contribution >= 4 is 10.8 Å². The van der Waals surface area contributed by atoms with E-state index in [4.69, 9.17) is 9.84 Å². The summed E-state index contributed by atoms with van der Waals surface area (Å²) in [5.41, 5.74) is -0.0963. The minimum Gasteiger partial charge on any atom is -0.507 e. The van der Waals surface area contributed by atoms with Gasteiger partial charge in [0.05, 0.1) is 17.4 Å². The third kappa shape index (κ3) is 0.794. The van der Waals surface area contributed by atoms with Crippen LogP contribution in [0, 0.1) is 0 Å². The molecular formula is C9H8O3. The number of hydrogen-bond acceptors (Lipinski definition) is 3. The zero-order chi connectivity index (χ0) is 8.72. The molecule has 0 aliphatic heterocycles. The topological polar surface area (TPSA) is 46.5 Å². The van der Waals surface area contributed by atoms with Crippen LogP contribution in [0.5, 0.6) is 11.5 Å². The summed E-state index contributed by atoms with van der Waals surface area (Å²) in [6.45, 7) is 2.39. The van der Waals surface area contributed by atoms with Crippen molar-refractivity contribution in [2.75, 3.05) is 6.61 Å². The van der Waals surface area contributed by atoms with Crippen LogP contribution in [-0.2, 0) is 0 Å². The highest BCUT2D eigenvalue weighted by Crippen LogP contribution is 2.33. The first-order valence-electron chi connectivity index (χ1n) is 3.79. The zero-order valence-corrected chi connectivity index (χ0v) is 6.63. The molecule has 0 amide bonds. The third-order valence-corrected chi connectivity index (χ3v) is 1.84. The highest BCUT2D eigenvalue weighted by Gasteiger charge is 2.21. The molecule has 3 nitrogen and oxygen atoms in total. The normalized spacial score (nSPS) is 11.1. The SMILES string of the molecule is CCOc1ccc(O)c2c(=O)c12. The summed E-state index contributed by atoms with van der Waals surface area (Å²) in [5.74, 6) is 0.633. The Morgan fingerprint density at radius 2 is 2.17 bits per heavy atom. The van der Waals surface area contributed by atoms with Gasteiger partial charge < -0.3 is 9.84 Å². The van der Waals surface area contributed by atoms with Crippen LogP contribution in [0.3, 0.4) is 0 Å². The van der Waals surface area contributed by atoms with Crippen LogP contribution in [-0.4, -0.2) is 11.7 Å². The van der Waals surface area contributed by atoms with Crippen LogP contribution >= 0.6 is 0 Å². The lowest BCUT2D eigenvalue weighted by molar-refractivity contribution is 0.344. The van der Waals surface area contributed by atoms with Gasteiger partial charge in [-0.15, -0.1) is 0 Å². The van der Waals surface area contributed by atoms with Crippen LogP contribution in [0.4, 0.5) is 0 Å². The van der Waals surface area contributed by atoms with E-state index in [-0.39, 0.29) is 11.2 Å². The second-order valence-electron chi connectivity index (χ2n) is 2.59. The van der Waals surface area contributed by atoms with Crippen molar-refractivity contribution in [3.8, 4) is 11.5 Å². The number of fused-ring (bicyclic) bond motifs is 1. The molecule has 0 fully saturated rings. The number of phenols is 1. The van der Waals surface area contributed by atoms with E-state index in [1.165, 1.54) is 6.07 Å². The zero-order valence-electron chi connectivity index (χ0n) is 6.63. The Balaban J connectivity index is 2.56. The molecule has 0 aliphatic rings. The van der Waals surface area contributed by atoms with Crippen molar-refractivity contribution < 1.29 is 9.84 Å². The standard InChI is InChI=1S/C9H8O3/c1-2-12-6-4-3-5(10)7-8(6)9(7)11/h3-4,10H,2H2,1H3. The summed E-state index contributed by atoms with van der Waals surface area (Å²) in [4.78, 5) is 11.0. The molecule has 0 spiro atoms. The molecule has 0 heterocycles. The predicted molar refractivity (Wildman–Crippen MR) is 45.4 cm³/mol. The Bertz CT molecular complexity index is 435. The summed E-state index contributed by atoms with van der Waals surface area (Å²) >= 11 is 0.